The second kappa shape index (κ2) is 5.24. The number of fused-ring (bicyclic) bond motifs is 1. The van der Waals surface area contributed by atoms with Gasteiger partial charge in [-0.3, -0.25) is 15.0 Å². The number of hydrogen-bond donors (Lipinski definition) is 2. The van der Waals surface area contributed by atoms with Crippen LogP contribution >= 0.6 is 0 Å². The first kappa shape index (κ1) is 11.9. The van der Waals surface area contributed by atoms with E-state index >= 15 is 0 Å². The van der Waals surface area contributed by atoms with Crippen LogP contribution in [0.5, 0.6) is 0 Å². The monoisotopic (exact) mass is 256 g/mol. The molecule has 5 heteroatoms. The number of H-pyrrole nitrogens is 1. The molecule has 1 aliphatic heterocycles. The molecule has 98 valence electrons. The minimum absolute atomic E-state index is 0.0330. The highest BCUT2D eigenvalue weighted by Crippen LogP contribution is 2.13. The Bertz CT molecular complexity index is 584. The minimum atomic E-state index is -0.0330. The fourth-order valence-electron chi connectivity index (χ4n) is 2.22. The van der Waals surface area contributed by atoms with Crippen LogP contribution in [-0.2, 0) is 4.79 Å². The lowest BCUT2D eigenvalue weighted by molar-refractivity contribution is -0.117. The van der Waals surface area contributed by atoms with Gasteiger partial charge in [-0.15, -0.1) is 0 Å². The highest BCUT2D eigenvalue weighted by Gasteiger charge is 2.12. The van der Waals surface area contributed by atoms with E-state index < -0.39 is 0 Å². The zero-order valence-corrected chi connectivity index (χ0v) is 10.6. The van der Waals surface area contributed by atoms with E-state index in [0.717, 1.165) is 30.5 Å². The van der Waals surface area contributed by atoms with Gasteiger partial charge in [0, 0.05) is 13.1 Å². The van der Waals surface area contributed by atoms with Crippen molar-refractivity contribution in [3.05, 3.63) is 36.4 Å². The molecular formula is C14H16N4O. The van der Waals surface area contributed by atoms with Crippen molar-refractivity contribution >= 4 is 22.9 Å². The summed E-state index contributed by atoms with van der Waals surface area (Å²) < 4.78 is 0. The smallest absolute Gasteiger partial charge is 0.240 e. The summed E-state index contributed by atoms with van der Waals surface area (Å²) in [7, 11) is 0. The predicted octanol–water partition coefficient (Wildman–Crippen LogP) is 1.76. The van der Waals surface area contributed by atoms with Gasteiger partial charge in [0.1, 0.15) is 0 Å². The molecule has 0 unspecified atom stereocenters. The van der Waals surface area contributed by atoms with Gasteiger partial charge in [0.2, 0.25) is 11.9 Å². The van der Waals surface area contributed by atoms with Gasteiger partial charge in [0.15, 0.2) is 0 Å². The van der Waals surface area contributed by atoms with Crippen LogP contribution in [0.15, 0.2) is 36.4 Å². The van der Waals surface area contributed by atoms with Crippen molar-refractivity contribution in [3.8, 4) is 0 Å². The molecule has 0 aliphatic carbocycles. The van der Waals surface area contributed by atoms with Crippen LogP contribution in [0.4, 0.5) is 5.95 Å². The number of amides is 1. The Kier molecular flexibility index (Phi) is 3.29. The number of aromatic nitrogens is 2. The number of imidazole rings is 1. The van der Waals surface area contributed by atoms with Crippen LogP contribution in [0.3, 0.4) is 0 Å². The molecular weight excluding hydrogens is 240 g/mol. The Balaban J connectivity index is 1.63. The summed E-state index contributed by atoms with van der Waals surface area (Å²) in [6.45, 7) is 2.18. The number of carbonyl (C=O) groups is 1. The Labute approximate surface area is 111 Å². The fourth-order valence-corrected chi connectivity index (χ4v) is 2.22. The summed E-state index contributed by atoms with van der Waals surface area (Å²) in [6, 6.07) is 7.71. The van der Waals surface area contributed by atoms with Crippen LogP contribution in [-0.4, -0.2) is 40.4 Å². The molecule has 3 rings (SSSR count). The summed E-state index contributed by atoms with van der Waals surface area (Å²) in [5.41, 5.74) is 1.79. The topological polar surface area (TPSA) is 61.0 Å². The van der Waals surface area contributed by atoms with E-state index in [1.54, 1.807) is 0 Å². The first-order chi connectivity index (χ1) is 9.31. The quantitative estimate of drug-likeness (QED) is 0.823. The molecule has 1 aliphatic rings. The summed E-state index contributed by atoms with van der Waals surface area (Å²) in [6.07, 6.45) is 5.25. The lowest BCUT2D eigenvalue weighted by atomic mass is 10.2. The fraction of sp³-hybridized carbons (Fsp3) is 0.286. The molecule has 5 nitrogen and oxygen atoms in total. The number of benzene rings is 1. The molecule has 1 amide bonds. The molecule has 0 saturated heterocycles. The number of aromatic amines is 1. The zero-order chi connectivity index (χ0) is 13.1. The molecule has 19 heavy (non-hydrogen) atoms. The van der Waals surface area contributed by atoms with E-state index in [-0.39, 0.29) is 5.91 Å². The van der Waals surface area contributed by atoms with E-state index in [1.807, 2.05) is 24.3 Å². The lowest BCUT2D eigenvalue weighted by Crippen LogP contribution is -2.35. The van der Waals surface area contributed by atoms with Gasteiger partial charge in [-0.2, -0.15) is 0 Å². The van der Waals surface area contributed by atoms with Gasteiger partial charge in [-0.05, 0) is 18.6 Å². The summed E-state index contributed by atoms with van der Waals surface area (Å²) >= 11 is 0. The molecule has 2 heterocycles. The van der Waals surface area contributed by atoms with Crippen LogP contribution < -0.4 is 5.32 Å². The van der Waals surface area contributed by atoms with Crippen molar-refractivity contribution in [2.24, 2.45) is 0 Å². The van der Waals surface area contributed by atoms with Gasteiger partial charge in [-0.1, -0.05) is 24.3 Å². The average Bonchev–Trinajstić information content (AvgIpc) is 2.81. The molecule has 0 radical (unpaired) electrons. The Hall–Kier alpha value is -2.14. The van der Waals surface area contributed by atoms with Gasteiger partial charge in [-0.25, -0.2) is 4.98 Å². The summed E-state index contributed by atoms with van der Waals surface area (Å²) in [4.78, 5) is 21.4. The second-order valence-corrected chi connectivity index (χ2v) is 4.65. The third-order valence-electron chi connectivity index (χ3n) is 3.16. The van der Waals surface area contributed by atoms with E-state index in [9.17, 15) is 4.79 Å². The van der Waals surface area contributed by atoms with E-state index in [1.165, 1.54) is 0 Å². The van der Waals surface area contributed by atoms with E-state index in [0.29, 0.717) is 12.5 Å². The number of anilines is 1. The third-order valence-corrected chi connectivity index (χ3v) is 3.16. The van der Waals surface area contributed by atoms with Crippen LogP contribution in [0.1, 0.15) is 6.42 Å². The van der Waals surface area contributed by atoms with Crippen LogP contribution in [0, 0.1) is 0 Å². The molecule has 0 bridgehead atoms. The number of para-hydroxylation sites is 2. The first-order valence-corrected chi connectivity index (χ1v) is 6.43. The summed E-state index contributed by atoms with van der Waals surface area (Å²) in [5, 5.41) is 2.81. The van der Waals surface area contributed by atoms with Gasteiger partial charge in [0.05, 0.1) is 17.6 Å². The highest BCUT2D eigenvalue weighted by molar-refractivity contribution is 5.92. The van der Waals surface area contributed by atoms with Crippen LogP contribution in [0.2, 0.25) is 0 Å². The van der Waals surface area contributed by atoms with Crippen molar-refractivity contribution in [3.63, 3.8) is 0 Å². The molecule has 1 aromatic carbocycles. The van der Waals surface area contributed by atoms with Crippen molar-refractivity contribution in [1.29, 1.82) is 0 Å². The molecule has 0 fully saturated rings. The van der Waals surface area contributed by atoms with Crippen molar-refractivity contribution in [2.75, 3.05) is 25.0 Å². The highest BCUT2D eigenvalue weighted by atomic mass is 16.2. The maximum Gasteiger partial charge on any atom is 0.240 e. The van der Waals surface area contributed by atoms with Gasteiger partial charge < -0.3 is 4.98 Å². The normalized spacial score (nSPS) is 15.8. The largest absolute Gasteiger partial charge is 0.324 e. The van der Waals surface area contributed by atoms with Gasteiger partial charge >= 0.3 is 0 Å². The molecule has 2 N–H and O–H groups in total. The maximum absolute atomic E-state index is 11.9. The zero-order valence-electron chi connectivity index (χ0n) is 10.6. The van der Waals surface area contributed by atoms with E-state index in [4.69, 9.17) is 0 Å². The maximum atomic E-state index is 11.9. The lowest BCUT2D eigenvalue weighted by Gasteiger charge is -2.21. The molecule has 0 spiro atoms. The number of nitrogens with one attached hydrogen (secondary N) is 2. The van der Waals surface area contributed by atoms with Crippen LogP contribution in [0.25, 0.3) is 11.0 Å². The SMILES string of the molecule is O=C(CN1CC=CCC1)Nc1nc2ccccc2[nH]1. The molecule has 0 saturated carbocycles. The predicted molar refractivity (Wildman–Crippen MR) is 74.9 cm³/mol. The Morgan fingerprint density at radius 2 is 2.26 bits per heavy atom. The number of nitrogens with zero attached hydrogens (tertiary/aromatic N) is 2. The van der Waals surface area contributed by atoms with Crippen molar-refractivity contribution in [1.82, 2.24) is 14.9 Å². The standard InChI is InChI=1S/C14H16N4O/c19-13(10-18-8-4-1-5-9-18)17-14-15-11-6-2-3-7-12(11)16-14/h1-4,6-7H,5,8-10H2,(H2,15,16,17,19). The first-order valence-electron chi connectivity index (χ1n) is 6.43. The Morgan fingerprint density at radius 3 is 3.05 bits per heavy atom. The third kappa shape index (κ3) is 2.82. The number of hydrogen-bond acceptors (Lipinski definition) is 3. The molecule has 1 aromatic heterocycles. The second-order valence-electron chi connectivity index (χ2n) is 4.65. The van der Waals surface area contributed by atoms with E-state index in [2.05, 4.69) is 32.3 Å². The number of carbonyl (C=O) groups excluding carboxylic acids is 1. The average molecular weight is 256 g/mol. The number of rotatable bonds is 3. The minimum Gasteiger partial charge on any atom is -0.324 e. The van der Waals surface area contributed by atoms with Crippen molar-refractivity contribution in [2.45, 2.75) is 6.42 Å². The molecule has 0 atom stereocenters. The van der Waals surface area contributed by atoms with Gasteiger partial charge in [0.25, 0.3) is 0 Å². The van der Waals surface area contributed by atoms with Crippen molar-refractivity contribution < 1.29 is 4.79 Å². The molecule has 2 aromatic rings. The Morgan fingerprint density at radius 1 is 1.37 bits per heavy atom. The summed E-state index contributed by atoms with van der Waals surface area (Å²) in [5.74, 6) is 0.480.